The molecule has 0 N–H and O–H groups in total. The largest absolute Gasteiger partial charge is 0.453 e. The Kier molecular flexibility index (Phi) is 3.06. The Bertz CT molecular complexity index is 1040. The minimum atomic E-state index is -3.78. The summed E-state index contributed by atoms with van der Waals surface area (Å²) >= 11 is 0. The number of aromatic nitrogens is 1. The number of sulfone groups is 1. The molecule has 6 heteroatoms. The predicted molar refractivity (Wildman–Crippen MR) is 83.6 cm³/mol. The summed E-state index contributed by atoms with van der Waals surface area (Å²) < 4.78 is 36.0. The van der Waals surface area contributed by atoms with Crippen LogP contribution < -0.4 is 0 Å². The molecule has 5 nitrogen and oxygen atoms in total. The quantitative estimate of drug-likeness (QED) is 0.571. The van der Waals surface area contributed by atoms with Crippen molar-refractivity contribution in [1.82, 2.24) is 4.98 Å². The van der Waals surface area contributed by atoms with Crippen LogP contribution in [0.1, 0.15) is 0 Å². The predicted octanol–water partition coefficient (Wildman–Crippen LogP) is 3.92. The minimum Gasteiger partial charge on any atom is -0.453 e. The smallest absolute Gasteiger partial charge is 0.320 e. The van der Waals surface area contributed by atoms with Crippen LogP contribution >= 0.6 is 0 Å². The topological polar surface area (TPSA) is 73.3 Å². The van der Waals surface area contributed by atoms with Crippen molar-refractivity contribution >= 4 is 20.8 Å². The highest BCUT2D eigenvalue weighted by Gasteiger charge is 2.24. The summed E-state index contributed by atoms with van der Waals surface area (Å²) in [6, 6.07) is 17.3. The summed E-state index contributed by atoms with van der Waals surface area (Å²) in [5.41, 5.74) is 0.700. The van der Waals surface area contributed by atoms with Gasteiger partial charge in [-0.25, -0.2) is 13.4 Å². The van der Waals surface area contributed by atoms with E-state index in [1.54, 1.807) is 24.3 Å². The van der Waals surface area contributed by atoms with Crippen LogP contribution in [0.2, 0.25) is 0 Å². The summed E-state index contributed by atoms with van der Waals surface area (Å²) in [5.74, 6) is 0.712. The lowest BCUT2D eigenvalue weighted by Gasteiger charge is -1.98. The molecule has 0 unspecified atom stereocenters. The Morgan fingerprint density at radius 3 is 2.35 bits per heavy atom. The van der Waals surface area contributed by atoms with Crippen LogP contribution in [0.25, 0.3) is 22.5 Å². The third-order valence-electron chi connectivity index (χ3n) is 3.44. The van der Waals surface area contributed by atoms with Gasteiger partial charge >= 0.3 is 5.22 Å². The van der Waals surface area contributed by atoms with E-state index >= 15 is 0 Å². The van der Waals surface area contributed by atoms with Gasteiger partial charge in [-0.1, -0.05) is 36.4 Å². The second-order valence-electron chi connectivity index (χ2n) is 4.96. The second-order valence-corrected chi connectivity index (χ2v) is 6.78. The Morgan fingerprint density at radius 2 is 1.57 bits per heavy atom. The molecular formula is C17H11NO4S. The molecule has 0 bridgehead atoms. The van der Waals surface area contributed by atoms with E-state index in [0.29, 0.717) is 11.3 Å². The summed E-state index contributed by atoms with van der Waals surface area (Å²) in [5, 5.41) is 0.561. The first-order valence-corrected chi connectivity index (χ1v) is 8.38. The van der Waals surface area contributed by atoms with Crippen molar-refractivity contribution in [3.8, 4) is 11.5 Å². The van der Waals surface area contributed by atoms with E-state index in [9.17, 15) is 8.42 Å². The number of fused-ring (bicyclic) bond motifs is 1. The maximum absolute atomic E-state index is 12.5. The SMILES string of the molecule is O=S(=O)(c1ccccc1)c1ncc(-c2cc3ccccc3o2)o1. The van der Waals surface area contributed by atoms with E-state index in [2.05, 4.69) is 4.98 Å². The number of oxazole rings is 1. The molecule has 2 aromatic carbocycles. The van der Waals surface area contributed by atoms with Gasteiger partial charge in [0, 0.05) is 5.39 Å². The number of para-hydroxylation sites is 1. The highest BCUT2D eigenvalue weighted by Crippen LogP contribution is 2.30. The van der Waals surface area contributed by atoms with E-state index in [0.717, 1.165) is 5.39 Å². The Hall–Kier alpha value is -2.86. The number of rotatable bonds is 3. The Morgan fingerprint density at radius 1 is 0.826 bits per heavy atom. The third-order valence-corrected chi connectivity index (χ3v) is 4.98. The molecule has 0 amide bonds. The normalized spacial score (nSPS) is 11.8. The summed E-state index contributed by atoms with van der Waals surface area (Å²) in [7, 11) is -3.78. The average Bonchev–Trinajstić information content (AvgIpc) is 3.22. The van der Waals surface area contributed by atoms with E-state index in [4.69, 9.17) is 8.83 Å². The molecule has 0 aliphatic carbocycles. The molecule has 2 aromatic heterocycles. The fourth-order valence-corrected chi connectivity index (χ4v) is 3.41. The fourth-order valence-electron chi connectivity index (χ4n) is 2.30. The van der Waals surface area contributed by atoms with Crippen molar-refractivity contribution in [2.75, 3.05) is 0 Å². The molecule has 0 aliphatic rings. The molecule has 0 radical (unpaired) electrons. The van der Waals surface area contributed by atoms with E-state index in [1.807, 2.05) is 24.3 Å². The zero-order valence-electron chi connectivity index (χ0n) is 11.8. The summed E-state index contributed by atoms with van der Waals surface area (Å²) in [6.07, 6.45) is 1.35. The number of benzene rings is 2. The monoisotopic (exact) mass is 325 g/mol. The second kappa shape index (κ2) is 5.10. The minimum absolute atomic E-state index is 0.137. The molecular weight excluding hydrogens is 314 g/mol. The zero-order valence-corrected chi connectivity index (χ0v) is 12.7. The first-order chi connectivity index (χ1) is 11.1. The number of nitrogens with zero attached hydrogens (tertiary/aromatic N) is 1. The van der Waals surface area contributed by atoms with Gasteiger partial charge in [0.2, 0.25) is 0 Å². The summed E-state index contributed by atoms with van der Waals surface area (Å²) in [4.78, 5) is 4.03. The molecule has 0 aliphatic heterocycles. The van der Waals surface area contributed by atoms with Crippen LogP contribution in [-0.4, -0.2) is 13.4 Å². The van der Waals surface area contributed by atoms with Crippen molar-refractivity contribution in [2.24, 2.45) is 0 Å². The molecule has 0 atom stereocenters. The highest BCUT2D eigenvalue weighted by molar-refractivity contribution is 7.91. The molecule has 0 saturated heterocycles. The molecule has 0 spiro atoms. The van der Waals surface area contributed by atoms with E-state index < -0.39 is 9.84 Å². The van der Waals surface area contributed by atoms with Crippen molar-refractivity contribution in [2.45, 2.75) is 10.1 Å². The molecule has 2 heterocycles. The van der Waals surface area contributed by atoms with Crippen LogP contribution in [0.15, 0.2) is 85.8 Å². The number of hydrogen-bond donors (Lipinski definition) is 0. The number of hydrogen-bond acceptors (Lipinski definition) is 5. The molecule has 0 fully saturated rings. The lowest BCUT2D eigenvalue weighted by molar-refractivity contribution is 0.430. The van der Waals surface area contributed by atoms with Gasteiger partial charge in [0.15, 0.2) is 11.5 Å². The van der Waals surface area contributed by atoms with Crippen molar-refractivity contribution in [3.63, 3.8) is 0 Å². The molecule has 4 rings (SSSR count). The first-order valence-electron chi connectivity index (χ1n) is 6.89. The van der Waals surface area contributed by atoms with Crippen LogP contribution in [-0.2, 0) is 9.84 Å². The van der Waals surface area contributed by atoms with Gasteiger partial charge in [-0.2, -0.15) is 0 Å². The van der Waals surface area contributed by atoms with Gasteiger partial charge in [0.25, 0.3) is 9.84 Å². The first kappa shape index (κ1) is 13.8. The lowest BCUT2D eigenvalue weighted by atomic mass is 10.2. The van der Waals surface area contributed by atoms with Crippen molar-refractivity contribution in [3.05, 3.63) is 66.9 Å². The van der Waals surface area contributed by atoms with Gasteiger partial charge < -0.3 is 8.83 Å². The van der Waals surface area contributed by atoms with Crippen molar-refractivity contribution in [1.29, 1.82) is 0 Å². The van der Waals surface area contributed by atoms with Crippen LogP contribution in [0.3, 0.4) is 0 Å². The van der Waals surface area contributed by atoms with Crippen LogP contribution in [0.5, 0.6) is 0 Å². The maximum atomic E-state index is 12.5. The molecule has 114 valence electrons. The van der Waals surface area contributed by atoms with Gasteiger partial charge in [-0.3, -0.25) is 0 Å². The van der Waals surface area contributed by atoms with Gasteiger partial charge in [0.1, 0.15) is 5.58 Å². The third kappa shape index (κ3) is 2.33. The Balaban J connectivity index is 1.77. The summed E-state index contributed by atoms with van der Waals surface area (Å²) in [6.45, 7) is 0. The van der Waals surface area contributed by atoms with Crippen LogP contribution in [0.4, 0.5) is 0 Å². The zero-order chi connectivity index (χ0) is 15.9. The van der Waals surface area contributed by atoms with E-state index in [-0.39, 0.29) is 15.9 Å². The lowest BCUT2D eigenvalue weighted by Crippen LogP contribution is -2.01. The highest BCUT2D eigenvalue weighted by atomic mass is 32.2. The molecule has 23 heavy (non-hydrogen) atoms. The van der Waals surface area contributed by atoms with Crippen molar-refractivity contribution < 1.29 is 17.3 Å². The van der Waals surface area contributed by atoms with Gasteiger partial charge in [0.05, 0.1) is 11.1 Å². The fraction of sp³-hybridized carbons (Fsp3) is 0. The Labute approximate surface area is 132 Å². The van der Waals surface area contributed by atoms with Crippen LogP contribution in [0, 0.1) is 0 Å². The van der Waals surface area contributed by atoms with E-state index in [1.165, 1.54) is 18.3 Å². The maximum Gasteiger partial charge on any atom is 0.320 e. The average molecular weight is 325 g/mol. The molecule has 0 saturated carbocycles. The standard InChI is InChI=1S/C17H11NO4S/c19-23(20,13-7-2-1-3-8-13)17-18-11-16(22-17)15-10-12-6-4-5-9-14(12)21-15/h1-11H. The van der Waals surface area contributed by atoms with Gasteiger partial charge in [-0.15, -0.1) is 0 Å². The van der Waals surface area contributed by atoms with Gasteiger partial charge in [-0.05, 0) is 24.3 Å². The molecule has 4 aromatic rings. The number of furan rings is 1.